The van der Waals surface area contributed by atoms with Crippen LogP contribution in [0.1, 0.15) is 20.3 Å². The van der Waals surface area contributed by atoms with Gasteiger partial charge in [-0.3, -0.25) is 0 Å². The molecule has 0 aromatic heterocycles. The van der Waals surface area contributed by atoms with Crippen LogP contribution in [0.4, 0.5) is 0 Å². The Hall–Kier alpha value is -0.590. The SMILES string of the molecule is CCC[N+]1=CC=CC1C. The average Bonchev–Trinajstić information content (AvgIpc) is 2.18. The van der Waals surface area contributed by atoms with Gasteiger partial charge in [-0.1, -0.05) is 6.92 Å². The van der Waals surface area contributed by atoms with Crippen LogP contribution < -0.4 is 0 Å². The van der Waals surface area contributed by atoms with Crippen molar-refractivity contribution in [3.8, 4) is 0 Å². The standard InChI is InChI=1S/C8H14N/c1-3-6-9-7-4-5-8(9)2/h4-5,7-8H,3,6H2,1-2H3/q+1. The maximum atomic E-state index is 2.35. The van der Waals surface area contributed by atoms with Gasteiger partial charge in [0.15, 0.2) is 12.3 Å². The molecular formula is C8H14N+. The first-order valence-electron chi connectivity index (χ1n) is 3.62. The third-order valence-electron chi connectivity index (χ3n) is 1.67. The molecule has 1 aliphatic rings. The van der Waals surface area contributed by atoms with Crippen LogP contribution in [-0.2, 0) is 0 Å². The summed E-state index contributed by atoms with van der Waals surface area (Å²) in [7, 11) is 0. The molecule has 0 fully saturated rings. The van der Waals surface area contributed by atoms with Crippen LogP contribution in [-0.4, -0.2) is 23.4 Å². The van der Waals surface area contributed by atoms with Gasteiger partial charge in [0, 0.05) is 19.4 Å². The molecule has 1 heteroatoms. The second kappa shape index (κ2) is 2.81. The highest BCUT2D eigenvalue weighted by atomic mass is 15.0. The van der Waals surface area contributed by atoms with E-state index in [0.717, 1.165) is 0 Å². The molecule has 0 saturated heterocycles. The topological polar surface area (TPSA) is 3.01 Å². The van der Waals surface area contributed by atoms with Crippen LogP contribution in [0.3, 0.4) is 0 Å². The van der Waals surface area contributed by atoms with Crippen molar-refractivity contribution >= 4 is 6.21 Å². The van der Waals surface area contributed by atoms with Crippen molar-refractivity contribution in [1.82, 2.24) is 0 Å². The van der Waals surface area contributed by atoms with Gasteiger partial charge in [0.05, 0.1) is 0 Å². The van der Waals surface area contributed by atoms with Gasteiger partial charge in [-0.15, -0.1) is 0 Å². The molecule has 0 bridgehead atoms. The lowest BCUT2D eigenvalue weighted by atomic mass is 10.3. The molecule has 0 aliphatic carbocycles. The minimum Gasteiger partial charge on any atom is -0.230 e. The van der Waals surface area contributed by atoms with E-state index in [4.69, 9.17) is 0 Å². The van der Waals surface area contributed by atoms with Crippen molar-refractivity contribution < 1.29 is 4.58 Å². The van der Waals surface area contributed by atoms with Gasteiger partial charge < -0.3 is 0 Å². The van der Waals surface area contributed by atoms with E-state index in [1.807, 2.05) is 0 Å². The van der Waals surface area contributed by atoms with E-state index in [1.54, 1.807) is 0 Å². The normalized spacial score (nSPS) is 24.7. The molecule has 9 heavy (non-hydrogen) atoms. The highest BCUT2D eigenvalue weighted by molar-refractivity contribution is 5.68. The number of hydrogen-bond acceptors (Lipinski definition) is 0. The maximum absolute atomic E-state index is 2.35. The van der Waals surface area contributed by atoms with Gasteiger partial charge in [0.2, 0.25) is 0 Å². The molecule has 0 aromatic rings. The molecule has 0 amide bonds. The summed E-state index contributed by atoms with van der Waals surface area (Å²) < 4.78 is 2.35. The highest BCUT2D eigenvalue weighted by Crippen LogP contribution is 1.98. The van der Waals surface area contributed by atoms with E-state index in [2.05, 4.69) is 36.8 Å². The minimum absolute atomic E-state index is 0.630. The Morgan fingerprint density at radius 3 is 2.78 bits per heavy atom. The fourth-order valence-electron chi connectivity index (χ4n) is 1.10. The lowest BCUT2D eigenvalue weighted by molar-refractivity contribution is -0.542. The number of allylic oxidation sites excluding steroid dienone is 1. The van der Waals surface area contributed by atoms with Crippen molar-refractivity contribution in [2.75, 3.05) is 6.54 Å². The predicted octanol–water partition coefficient (Wildman–Crippen LogP) is 1.44. The zero-order valence-corrected chi connectivity index (χ0v) is 6.17. The quantitative estimate of drug-likeness (QED) is 0.490. The molecule has 1 rings (SSSR count). The molecule has 1 atom stereocenters. The Labute approximate surface area is 56.7 Å². The first kappa shape index (κ1) is 6.53. The number of rotatable bonds is 2. The zero-order chi connectivity index (χ0) is 6.69. The smallest absolute Gasteiger partial charge is 0.168 e. The number of hydrogen-bond donors (Lipinski definition) is 0. The Balaban J connectivity index is 2.44. The van der Waals surface area contributed by atoms with Crippen LogP contribution in [0.5, 0.6) is 0 Å². The molecule has 1 nitrogen and oxygen atoms in total. The molecular weight excluding hydrogens is 110 g/mol. The van der Waals surface area contributed by atoms with Crippen molar-refractivity contribution in [3.05, 3.63) is 12.2 Å². The first-order chi connectivity index (χ1) is 4.34. The van der Waals surface area contributed by atoms with Gasteiger partial charge in [0.1, 0.15) is 6.54 Å². The minimum atomic E-state index is 0.630. The Kier molecular flexibility index (Phi) is 2.04. The van der Waals surface area contributed by atoms with E-state index in [9.17, 15) is 0 Å². The van der Waals surface area contributed by atoms with Crippen molar-refractivity contribution in [2.24, 2.45) is 0 Å². The van der Waals surface area contributed by atoms with E-state index < -0.39 is 0 Å². The molecule has 0 spiro atoms. The Bertz CT molecular complexity index is 145. The highest BCUT2D eigenvalue weighted by Gasteiger charge is 2.12. The molecule has 1 heterocycles. The molecule has 0 aromatic carbocycles. The summed E-state index contributed by atoms with van der Waals surface area (Å²) in [4.78, 5) is 0. The van der Waals surface area contributed by atoms with Crippen LogP contribution in [0, 0.1) is 0 Å². The molecule has 0 radical (unpaired) electrons. The van der Waals surface area contributed by atoms with Gasteiger partial charge in [-0.25, -0.2) is 4.58 Å². The average molecular weight is 124 g/mol. The summed E-state index contributed by atoms with van der Waals surface area (Å²) >= 11 is 0. The van der Waals surface area contributed by atoms with Crippen LogP contribution in [0.15, 0.2) is 12.2 Å². The van der Waals surface area contributed by atoms with Crippen LogP contribution >= 0.6 is 0 Å². The summed E-state index contributed by atoms with van der Waals surface area (Å²) in [5.74, 6) is 0. The van der Waals surface area contributed by atoms with E-state index in [0.29, 0.717) is 6.04 Å². The largest absolute Gasteiger partial charge is 0.230 e. The molecule has 0 N–H and O–H groups in total. The first-order valence-corrected chi connectivity index (χ1v) is 3.62. The third-order valence-corrected chi connectivity index (χ3v) is 1.67. The molecule has 1 unspecified atom stereocenters. The molecule has 0 saturated carbocycles. The van der Waals surface area contributed by atoms with Gasteiger partial charge in [-0.05, 0) is 6.08 Å². The van der Waals surface area contributed by atoms with E-state index in [-0.39, 0.29) is 0 Å². The second-order valence-corrected chi connectivity index (χ2v) is 2.51. The van der Waals surface area contributed by atoms with Gasteiger partial charge in [-0.2, -0.15) is 0 Å². The molecule has 50 valence electrons. The van der Waals surface area contributed by atoms with Gasteiger partial charge >= 0.3 is 0 Å². The van der Waals surface area contributed by atoms with Crippen molar-refractivity contribution in [2.45, 2.75) is 26.3 Å². The monoisotopic (exact) mass is 124 g/mol. The zero-order valence-electron chi connectivity index (χ0n) is 6.17. The second-order valence-electron chi connectivity index (χ2n) is 2.51. The van der Waals surface area contributed by atoms with E-state index >= 15 is 0 Å². The maximum Gasteiger partial charge on any atom is 0.168 e. The van der Waals surface area contributed by atoms with Crippen LogP contribution in [0.25, 0.3) is 0 Å². The van der Waals surface area contributed by atoms with Gasteiger partial charge in [0.25, 0.3) is 0 Å². The van der Waals surface area contributed by atoms with Crippen molar-refractivity contribution in [3.63, 3.8) is 0 Å². The summed E-state index contributed by atoms with van der Waals surface area (Å²) in [6.07, 6.45) is 7.74. The van der Waals surface area contributed by atoms with Crippen LogP contribution in [0.2, 0.25) is 0 Å². The fraction of sp³-hybridized carbons (Fsp3) is 0.625. The number of nitrogens with zero attached hydrogens (tertiary/aromatic N) is 1. The third kappa shape index (κ3) is 1.41. The van der Waals surface area contributed by atoms with Crippen molar-refractivity contribution in [1.29, 1.82) is 0 Å². The summed E-state index contributed by atoms with van der Waals surface area (Å²) in [6.45, 7) is 5.61. The Morgan fingerprint density at radius 2 is 2.33 bits per heavy atom. The fourth-order valence-corrected chi connectivity index (χ4v) is 1.10. The van der Waals surface area contributed by atoms with E-state index in [1.165, 1.54) is 13.0 Å². The lowest BCUT2D eigenvalue weighted by Gasteiger charge is -2.00. The molecule has 1 aliphatic heterocycles. The summed E-state index contributed by atoms with van der Waals surface area (Å²) in [5.41, 5.74) is 0. The summed E-state index contributed by atoms with van der Waals surface area (Å²) in [5, 5.41) is 0. The Morgan fingerprint density at radius 1 is 1.56 bits per heavy atom. The lowest BCUT2D eigenvalue weighted by Crippen LogP contribution is -2.18. The predicted molar refractivity (Wildman–Crippen MR) is 40.1 cm³/mol. The summed E-state index contributed by atoms with van der Waals surface area (Å²) in [6, 6.07) is 0.630.